The lowest BCUT2D eigenvalue weighted by Crippen LogP contribution is -1.96. The summed E-state index contributed by atoms with van der Waals surface area (Å²) in [7, 11) is 2.17. The second-order valence-corrected chi connectivity index (χ2v) is 36.8. The molecule has 0 saturated carbocycles. The van der Waals surface area contributed by atoms with Gasteiger partial charge in [-0.25, -0.2) is 4.98 Å². The van der Waals surface area contributed by atoms with E-state index in [0.29, 0.717) is 5.71 Å². The zero-order valence-electron chi connectivity index (χ0n) is 76.8. The molecular weight excluding hydrogens is 1690 g/mol. The Hall–Kier alpha value is -18.3. The second-order valence-electron chi connectivity index (χ2n) is 36.8. The zero-order chi connectivity index (χ0) is 92.2. The van der Waals surface area contributed by atoms with Crippen molar-refractivity contribution in [2.45, 2.75) is 20.8 Å². The van der Waals surface area contributed by atoms with Gasteiger partial charge in [-0.3, -0.25) is 0 Å². The molecule has 139 heavy (non-hydrogen) atoms. The quantitative estimate of drug-likeness (QED) is 0.152. The van der Waals surface area contributed by atoms with E-state index in [1.54, 1.807) is 0 Å². The minimum Gasteiger partial charge on any atom is -0.456 e. The van der Waals surface area contributed by atoms with Gasteiger partial charge in [0.1, 0.15) is 16.7 Å². The summed E-state index contributed by atoms with van der Waals surface area (Å²) in [4.78, 5) is 4.64. The number of aromatic nitrogens is 8. The monoisotopic (exact) mass is 1780 g/mol. The average molecular weight is 1780 g/mol. The van der Waals surface area contributed by atoms with E-state index in [1.165, 1.54) is 209 Å². The van der Waals surface area contributed by atoms with Crippen molar-refractivity contribution in [2.24, 2.45) is 7.05 Å². The molecule has 0 atom stereocenters. The molecule has 10 heteroatoms. The fraction of sp³-hybridized carbons (Fsp3) is 0.0310. The van der Waals surface area contributed by atoms with Crippen LogP contribution in [-0.4, -0.2) is 37.0 Å². The van der Waals surface area contributed by atoms with Crippen molar-refractivity contribution in [3.63, 3.8) is 0 Å². The van der Waals surface area contributed by atoms with Gasteiger partial charge in [0.05, 0.1) is 66.2 Å². The van der Waals surface area contributed by atoms with Gasteiger partial charge in [-0.05, 0) is 243 Å². The van der Waals surface area contributed by atoms with E-state index in [2.05, 4.69) is 514 Å². The van der Waals surface area contributed by atoms with Crippen molar-refractivity contribution in [1.82, 2.24) is 37.0 Å². The summed E-state index contributed by atoms with van der Waals surface area (Å²) in [5.74, 6) is 0. The lowest BCUT2D eigenvalue weighted by molar-refractivity contribution is 0.654. The summed E-state index contributed by atoms with van der Waals surface area (Å²) in [5.41, 5.74) is 36.0. The normalized spacial score (nSPS) is 11.9. The Morgan fingerprint density at radius 3 is 0.777 bits per heavy atom. The number of nitrogens with zero attached hydrogens (tertiary/aromatic N) is 8. The molecule has 0 N–H and O–H groups in total. The molecule has 10 heterocycles. The molecule has 656 valence electrons. The van der Waals surface area contributed by atoms with Crippen molar-refractivity contribution in [3.05, 3.63) is 478 Å². The Morgan fingerprint density at radius 2 is 0.417 bits per heavy atom. The number of benzene rings is 20. The lowest BCUT2D eigenvalue weighted by atomic mass is 10.0. The summed E-state index contributed by atoms with van der Waals surface area (Å²) in [5, 5.41) is 22.4. The lowest BCUT2D eigenvalue weighted by Gasteiger charge is -2.10. The Balaban J connectivity index is 0.0000000936. The van der Waals surface area contributed by atoms with Crippen molar-refractivity contribution >= 4 is 197 Å². The topological polar surface area (TPSA) is 73.7 Å². The minimum atomic E-state index is 0.679. The summed E-state index contributed by atoms with van der Waals surface area (Å²) >= 11 is 0. The first kappa shape index (κ1) is 80.4. The maximum atomic E-state index is 6.07. The van der Waals surface area contributed by atoms with Crippen LogP contribution in [0.2, 0.25) is 0 Å². The van der Waals surface area contributed by atoms with Crippen LogP contribution >= 0.6 is 0 Å². The molecule has 0 saturated heterocycles. The highest BCUT2D eigenvalue weighted by Gasteiger charge is 2.23. The van der Waals surface area contributed by atoms with E-state index in [-0.39, 0.29) is 0 Å². The summed E-state index contributed by atoms with van der Waals surface area (Å²) in [6, 6.07) is 164. The first-order valence-corrected chi connectivity index (χ1v) is 47.6. The van der Waals surface area contributed by atoms with E-state index in [0.717, 1.165) is 55.4 Å². The van der Waals surface area contributed by atoms with Gasteiger partial charge in [-0.1, -0.05) is 266 Å². The molecule has 0 bridgehead atoms. The fourth-order valence-corrected chi connectivity index (χ4v) is 22.3. The molecule has 10 nitrogen and oxygen atoms in total. The van der Waals surface area contributed by atoms with Crippen LogP contribution in [-0.2, 0) is 7.05 Å². The molecule has 30 rings (SSSR count). The van der Waals surface area contributed by atoms with Crippen LogP contribution in [0, 0.1) is 20.8 Å². The number of aryl methyl sites for hydroxylation is 4. The highest BCUT2D eigenvalue weighted by atomic mass is 16.3. The first-order chi connectivity index (χ1) is 68.6. The molecule has 0 aliphatic carbocycles. The van der Waals surface area contributed by atoms with Gasteiger partial charge in [0.2, 0.25) is 5.71 Å². The van der Waals surface area contributed by atoms with Crippen LogP contribution < -0.4 is 0 Å². The van der Waals surface area contributed by atoms with Crippen LogP contribution in [0.4, 0.5) is 0 Å². The fourth-order valence-electron chi connectivity index (χ4n) is 22.3. The van der Waals surface area contributed by atoms with Gasteiger partial charge < -0.3 is 40.8 Å². The van der Waals surface area contributed by atoms with E-state index < -0.39 is 0 Å². The Labute approximate surface area is 799 Å². The van der Waals surface area contributed by atoms with E-state index in [4.69, 9.17) is 8.83 Å². The van der Waals surface area contributed by atoms with Crippen LogP contribution in [0.5, 0.6) is 0 Å². The maximum absolute atomic E-state index is 6.07. The SMILES string of the molecule is Cc1ccc2oc3ccc(-c4cccc(-n5c6ccccc6c6ccccc65)c4)cc3c2c1.Cc1ccc2oc3ncc(-c4cccc(-n5c6ccccc6c6ccccc65)c4)cc3c2c1.Cc1cccc(-n2c3ccccc3c3cc(-n4c5ccccc5c5ccccc54)ccc32)c1.Cn1c2ccc(-n3c4ccccc4c4ccccc43)cc2c2cc(-n3c4ccccc4c4ccccc43)ccc21. The van der Waals surface area contributed by atoms with Gasteiger partial charge >= 0.3 is 0 Å². The minimum absolute atomic E-state index is 0.679. The maximum Gasteiger partial charge on any atom is 0.227 e. The summed E-state index contributed by atoms with van der Waals surface area (Å²) in [6.07, 6.45) is 1.91. The van der Waals surface area contributed by atoms with Gasteiger partial charge in [0.15, 0.2) is 0 Å². The van der Waals surface area contributed by atoms with Gasteiger partial charge in [-0.15, -0.1) is 0 Å². The molecule has 0 radical (unpaired) electrons. The number of rotatable bonds is 8. The molecule has 0 aliphatic rings. The number of hydrogen-bond acceptors (Lipinski definition) is 3. The molecule has 10 aromatic heterocycles. The number of fused-ring (bicyclic) bond motifs is 27. The second kappa shape index (κ2) is 32.3. The van der Waals surface area contributed by atoms with Gasteiger partial charge in [-0.2, -0.15) is 0 Å². The van der Waals surface area contributed by atoms with Crippen LogP contribution in [0.15, 0.2) is 470 Å². The molecule has 0 fully saturated rings. The number of para-hydroxylation sites is 11. The predicted octanol–water partition coefficient (Wildman–Crippen LogP) is 34.4. The molecule has 20 aromatic carbocycles. The molecule has 0 unspecified atom stereocenters. The third kappa shape index (κ3) is 13.1. The highest BCUT2D eigenvalue weighted by molar-refractivity contribution is 6.18. The van der Waals surface area contributed by atoms with Crippen LogP contribution in [0.1, 0.15) is 16.7 Å². The molecule has 0 spiro atoms. The Kier molecular flexibility index (Phi) is 18.7. The zero-order valence-corrected chi connectivity index (χ0v) is 76.8. The Morgan fingerprint density at radius 1 is 0.165 bits per heavy atom. The van der Waals surface area contributed by atoms with Crippen LogP contribution in [0.25, 0.3) is 253 Å². The van der Waals surface area contributed by atoms with Crippen LogP contribution in [0.3, 0.4) is 0 Å². The first-order valence-electron chi connectivity index (χ1n) is 47.6. The predicted molar refractivity (Wildman–Crippen MR) is 583 cm³/mol. The smallest absolute Gasteiger partial charge is 0.227 e. The summed E-state index contributed by atoms with van der Waals surface area (Å²) in [6.45, 7) is 6.37. The Bertz CT molecular complexity index is 9570. The van der Waals surface area contributed by atoms with E-state index >= 15 is 0 Å². The highest BCUT2D eigenvalue weighted by Crippen LogP contribution is 2.45. The largest absolute Gasteiger partial charge is 0.456 e. The average Bonchev–Trinajstić information content (AvgIpc) is 1.59. The molecule has 30 aromatic rings. The summed E-state index contributed by atoms with van der Waals surface area (Å²) < 4.78 is 28.6. The van der Waals surface area contributed by atoms with Crippen molar-refractivity contribution in [3.8, 4) is 56.4 Å². The third-order valence-corrected chi connectivity index (χ3v) is 28.5. The van der Waals surface area contributed by atoms with Crippen molar-refractivity contribution in [1.29, 1.82) is 0 Å². The van der Waals surface area contributed by atoms with E-state index in [9.17, 15) is 0 Å². The van der Waals surface area contributed by atoms with Crippen molar-refractivity contribution in [2.75, 3.05) is 0 Å². The number of pyridine rings is 1. The third-order valence-electron chi connectivity index (χ3n) is 28.5. The molecular formula is C129H88N8O2. The van der Waals surface area contributed by atoms with Crippen molar-refractivity contribution < 1.29 is 8.83 Å². The number of hydrogen-bond donors (Lipinski definition) is 0. The van der Waals surface area contributed by atoms with Gasteiger partial charge in [0.25, 0.3) is 0 Å². The van der Waals surface area contributed by atoms with E-state index in [1.807, 2.05) is 12.3 Å². The number of furan rings is 2. The van der Waals surface area contributed by atoms with Gasteiger partial charge in [0, 0.05) is 161 Å². The standard InChI is InChI=1S/C37H25N3.C31H22N2.C31H21NO.C30H20N2O/c1-38-32-20-18-24(39-34-14-6-2-10-26(34)27-11-3-7-15-35(27)39)22-30(32)31-23-25(19-21-33(31)38)40-36-16-8-4-12-28(36)29-13-5-9-17-37(29)40;1-21-9-8-10-22(19-21)32-30-16-7-4-13-26(30)27-20-23(17-18-31(27)32)33-28-14-5-2-11-24(28)25-12-3-6-15-29(25)33;1-20-13-15-30-26(17-20)27-19-22(14-16-31(27)33-30)21-7-6-8-23(18-21)32-28-11-4-2-9-24(28)25-10-3-5-12-29(25)32;1-19-13-14-29-25(15-19)26-17-21(18-31-30(26)33-29)20-7-6-8-22(16-20)32-27-11-4-2-9-23(27)24-10-3-5-12-28(24)32/h2-23H,1H3;2-20H,1H3;2-19H,1H3;2-18H,1H3. The molecule has 0 aliphatic heterocycles. The molecule has 0 amide bonds.